The van der Waals surface area contributed by atoms with Gasteiger partial charge in [-0.15, -0.1) is 0 Å². The number of rotatable bonds is 28. The molecule has 0 aromatic carbocycles. The lowest BCUT2D eigenvalue weighted by Crippen LogP contribution is -2.19. The second-order valence-electron chi connectivity index (χ2n) is 9.55. The number of aliphatic hydroxyl groups is 2. The van der Waals surface area contributed by atoms with Crippen LogP contribution in [0.15, 0.2) is 24.3 Å². The van der Waals surface area contributed by atoms with Crippen LogP contribution >= 0.6 is 0 Å². The van der Waals surface area contributed by atoms with E-state index >= 15 is 0 Å². The zero-order valence-electron chi connectivity index (χ0n) is 23.1. The molecule has 0 saturated heterocycles. The first-order chi connectivity index (χ1) is 17.3. The van der Waals surface area contributed by atoms with E-state index in [0.29, 0.717) is 0 Å². The number of unbranched alkanes of at least 4 members (excludes halogenated alkanes) is 8. The van der Waals surface area contributed by atoms with E-state index in [1.165, 1.54) is 64.2 Å². The first-order valence-corrected chi connectivity index (χ1v) is 14.6. The minimum atomic E-state index is 0.209. The van der Waals surface area contributed by atoms with Gasteiger partial charge in [-0.2, -0.15) is 0 Å². The minimum Gasteiger partial charge on any atom is -0.396 e. The van der Waals surface area contributed by atoms with E-state index in [1.54, 1.807) is 0 Å². The third-order valence-corrected chi connectivity index (χ3v) is 6.27. The van der Waals surface area contributed by atoms with Crippen LogP contribution in [0.3, 0.4) is 0 Å². The maximum absolute atomic E-state index is 8.91. The molecule has 0 aliphatic carbocycles. The molecule has 0 aromatic rings. The molecule has 2 N–H and O–H groups in total. The zero-order valence-corrected chi connectivity index (χ0v) is 23.1. The fraction of sp³-hybridized carbons (Fsp3) is 0.867. The number of hydrogen-bond donors (Lipinski definition) is 2. The van der Waals surface area contributed by atoms with Crippen molar-refractivity contribution >= 4 is 0 Å². The first-order valence-electron chi connectivity index (χ1n) is 14.6. The zero-order chi connectivity index (χ0) is 25.7. The summed E-state index contributed by atoms with van der Waals surface area (Å²) in [6, 6.07) is 0. The van der Waals surface area contributed by atoms with Gasteiger partial charge in [0.25, 0.3) is 0 Å². The molecule has 0 aromatic heterocycles. The van der Waals surface area contributed by atoms with Crippen LogP contribution in [0.4, 0.5) is 0 Å². The normalized spacial score (nSPS) is 13.8. The molecule has 208 valence electrons. The average Bonchev–Trinajstić information content (AvgIpc) is 2.86. The molecule has 0 spiro atoms. The van der Waals surface area contributed by atoms with Gasteiger partial charge < -0.3 is 24.4 Å². The van der Waals surface area contributed by atoms with Crippen LogP contribution in [0, 0.1) is 0 Å². The number of hydrogen-bond acceptors (Lipinski definition) is 5. The van der Waals surface area contributed by atoms with Crippen molar-refractivity contribution in [2.75, 3.05) is 26.8 Å². The van der Waals surface area contributed by atoms with Crippen LogP contribution in [-0.2, 0) is 14.2 Å². The Labute approximate surface area is 217 Å². The summed E-state index contributed by atoms with van der Waals surface area (Å²) in [6.07, 6.45) is 29.0. The van der Waals surface area contributed by atoms with Gasteiger partial charge in [0.2, 0.25) is 0 Å². The largest absolute Gasteiger partial charge is 0.396 e. The third-order valence-electron chi connectivity index (χ3n) is 6.27. The van der Waals surface area contributed by atoms with Gasteiger partial charge in [0.15, 0.2) is 0 Å². The Morgan fingerprint density at radius 3 is 1.31 bits per heavy atom. The summed E-state index contributed by atoms with van der Waals surface area (Å²) in [6.45, 7) is 5.46. The van der Waals surface area contributed by atoms with E-state index in [0.717, 1.165) is 51.4 Å². The molecule has 0 saturated carbocycles. The van der Waals surface area contributed by atoms with Crippen LogP contribution in [0.25, 0.3) is 0 Å². The lowest BCUT2D eigenvalue weighted by Gasteiger charge is -2.20. The SMILES string of the molecule is CCCCCCCC(CC/C=C/CCO)OCOCOC(CC/C=C/CCO)CCCCCCC. The van der Waals surface area contributed by atoms with Crippen LogP contribution < -0.4 is 0 Å². The Kier molecular flexibility index (Phi) is 28.9. The van der Waals surface area contributed by atoms with E-state index in [-0.39, 0.29) is 39.0 Å². The van der Waals surface area contributed by atoms with Crippen molar-refractivity contribution in [1.29, 1.82) is 0 Å². The Hall–Kier alpha value is -0.720. The molecule has 0 bridgehead atoms. The predicted octanol–water partition coefficient (Wildman–Crippen LogP) is 7.85. The van der Waals surface area contributed by atoms with Crippen molar-refractivity contribution in [3.05, 3.63) is 24.3 Å². The lowest BCUT2D eigenvalue weighted by atomic mass is 10.0. The van der Waals surface area contributed by atoms with Gasteiger partial charge in [-0.3, -0.25) is 0 Å². The van der Waals surface area contributed by atoms with Gasteiger partial charge in [0.1, 0.15) is 13.6 Å². The second kappa shape index (κ2) is 29.5. The molecule has 0 aliphatic heterocycles. The molecule has 0 rings (SSSR count). The maximum atomic E-state index is 8.91. The summed E-state index contributed by atoms with van der Waals surface area (Å²) in [5.74, 6) is 0. The number of allylic oxidation sites excluding steroid dienone is 2. The van der Waals surface area contributed by atoms with E-state index in [9.17, 15) is 0 Å². The van der Waals surface area contributed by atoms with Gasteiger partial charge in [0.05, 0.1) is 12.2 Å². The quantitative estimate of drug-likeness (QED) is 0.0653. The van der Waals surface area contributed by atoms with E-state index in [2.05, 4.69) is 26.0 Å². The molecule has 5 nitrogen and oxygen atoms in total. The van der Waals surface area contributed by atoms with Crippen LogP contribution in [-0.4, -0.2) is 49.2 Å². The molecule has 2 unspecified atom stereocenters. The lowest BCUT2D eigenvalue weighted by molar-refractivity contribution is -0.167. The van der Waals surface area contributed by atoms with Gasteiger partial charge in [-0.25, -0.2) is 0 Å². The molecule has 0 fully saturated rings. The van der Waals surface area contributed by atoms with Crippen molar-refractivity contribution in [1.82, 2.24) is 0 Å². The van der Waals surface area contributed by atoms with Crippen molar-refractivity contribution in [3.8, 4) is 0 Å². The second-order valence-corrected chi connectivity index (χ2v) is 9.55. The van der Waals surface area contributed by atoms with E-state index < -0.39 is 0 Å². The van der Waals surface area contributed by atoms with Crippen LogP contribution in [0.2, 0.25) is 0 Å². The summed E-state index contributed by atoms with van der Waals surface area (Å²) in [4.78, 5) is 0. The summed E-state index contributed by atoms with van der Waals surface area (Å²) >= 11 is 0. The third kappa shape index (κ3) is 26.2. The van der Waals surface area contributed by atoms with Crippen molar-refractivity contribution in [3.63, 3.8) is 0 Å². The number of aliphatic hydroxyl groups excluding tert-OH is 2. The van der Waals surface area contributed by atoms with E-state index in [4.69, 9.17) is 24.4 Å². The highest BCUT2D eigenvalue weighted by Crippen LogP contribution is 2.16. The van der Waals surface area contributed by atoms with Crippen LogP contribution in [0.5, 0.6) is 0 Å². The molecule has 0 heterocycles. The highest BCUT2D eigenvalue weighted by atomic mass is 16.7. The first kappa shape index (κ1) is 34.3. The van der Waals surface area contributed by atoms with Crippen molar-refractivity contribution in [2.45, 2.75) is 142 Å². The van der Waals surface area contributed by atoms with Gasteiger partial charge in [-0.05, 0) is 51.4 Å². The highest BCUT2D eigenvalue weighted by Gasteiger charge is 2.11. The topological polar surface area (TPSA) is 68.2 Å². The minimum absolute atomic E-state index is 0.209. The summed E-state index contributed by atoms with van der Waals surface area (Å²) in [7, 11) is 0. The summed E-state index contributed by atoms with van der Waals surface area (Å²) in [5, 5.41) is 17.8. The smallest absolute Gasteiger partial charge is 0.149 e. The van der Waals surface area contributed by atoms with Crippen molar-refractivity contribution in [2.24, 2.45) is 0 Å². The fourth-order valence-electron chi connectivity index (χ4n) is 4.08. The molecule has 35 heavy (non-hydrogen) atoms. The van der Waals surface area contributed by atoms with E-state index in [1.807, 2.05) is 12.2 Å². The summed E-state index contributed by atoms with van der Waals surface area (Å²) < 4.78 is 17.9. The molecule has 0 aliphatic rings. The maximum Gasteiger partial charge on any atom is 0.149 e. The summed E-state index contributed by atoms with van der Waals surface area (Å²) in [5.41, 5.74) is 0. The molecule has 5 heteroatoms. The van der Waals surface area contributed by atoms with Gasteiger partial charge in [0, 0.05) is 13.2 Å². The molecule has 0 amide bonds. The molecule has 0 radical (unpaired) electrons. The molecule has 2 atom stereocenters. The Balaban J connectivity index is 4.30. The molecular weight excluding hydrogens is 440 g/mol. The monoisotopic (exact) mass is 498 g/mol. The predicted molar refractivity (Wildman–Crippen MR) is 147 cm³/mol. The standard InChI is InChI=1S/C30H58O5/c1-3-5-7-9-15-21-29(23-17-11-13-19-25-31)34-27-33-28-35-30(22-16-10-8-6-4-2)24-18-12-14-20-26-32/h11-14,29-32H,3-10,15-28H2,1-2H3/b13-11+,14-12+. The Morgan fingerprint density at radius 1 is 0.514 bits per heavy atom. The Morgan fingerprint density at radius 2 is 0.914 bits per heavy atom. The Bertz CT molecular complexity index is 412. The molecular formula is C30H58O5. The van der Waals surface area contributed by atoms with Crippen LogP contribution in [0.1, 0.15) is 129 Å². The average molecular weight is 499 g/mol. The van der Waals surface area contributed by atoms with Crippen molar-refractivity contribution < 1.29 is 24.4 Å². The fourth-order valence-corrected chi connectivity index (χ4v) is 4.08. The highest BCUT2D eigenvalue weighted by molar-refractivity contribution is 4.83. The van der Waals surface area contributed by atoms with Gasteiger partial charge >= 0.3 is 0 Å². The van der Waals surface area contributed by atoms with Gasteiger partial charge in [-0.1, -0.05) is 102 Å². The number of ether oxygens (including phenoxy) is 3.